The summed E-state index contributed by atoms with van der Waals surface area (Å²) in [7, 11) is 0. The lowest BCUT2D eigenvalue weighted by Gasteiger charge is -2.32. The highest BCUT2D eigenvalue weighted by atomic mass is 127. The van der Waals surface area contributed by atoms with Crippen LogP contribution in [-0.4, -0.2) is 256 Å². The number of rotatable bonds is 23. The number of hydrogen-bond donors (Lipinski definition) is 22. The molecule has 24 N–H and O–H groups in total. The number of carboxylic acids is 1. The van der Waals surface area contributed by atoms with Crippen LogP contribution in [0.4, 0.5) is 0 Å². The normalized spacial score (nSPS) is 23.8. The summed E-state index contributed by atoms with van der Waals surface area (Å²) in [5.74, 6) is -14.9. The molecule has 4 heterocycles. The maximum Gasteiger partial charge on any atom is 0.303 e. The van der Waals surface area contributed by atoms with Crippen molar-refractivity contribution in [1.82, 2.24) is 83.9 Å². The number of aliphatic carboxylic acids is 1. The largest absolute Gasteiger partial charge is 0.508 e. The molecule has 0 bridgehead atoms. The average molecular weight is 1950 g/mol. The smallest absolute Gasteiger partial charge is 0.303 e. The number of nitrogens with two attached hydrogens (primary N) is 2. The number of benzene rings is 5. The third-order valence-electron chi connectivity index (χ3n) is 22.3. The summed E-state index contributed by atoms with van der Waals surface area (Å²) in [6, 6.07) is 13.1. The zero-order chi connectivity index (χ0) is 95.1. The molecule has 706 valence electrons. The van der Waals surface area contributed by atoms with E-state index in [0.717, 1.165) is 11.8 Å². The molecule has 0 radical (unpaired) electrons. The number of carbonyl (C=O) groups excluding carboxylic acids is 14. The molecule has 0 aliphatic carbocycles. The predicted octanol–water partition coefficient (Wildman–Crippen LogP) is 0.643. The van der Waals surface area contributed by atoms with Crippen molar-refractivity contribution in [2.75, 3.05) is 44.2 Å². The van der Waals surface area contributed by atoms with Gasteiger partial charge in [0, 0.05) is 93.6 Å². The van der Waals surface area contributed by atoms with Crippen molar-refractivity contribution in [3.8, 4) is 23.0 Å². The molecule has 131 heavy (non-hydrogen) atoms. The van der Waals surface area contributed by atoms with Crippen LogP contribution >= 0.6 is 34.4 Å². The standard InChI is InChI=1S/C90H118IN19O20S/c1-49(2)36-56-45-97-63(31-32-78(118)119)80(121)103-65(37-50(3)4)79(120)98-46-76(116)100-69(42-55-44-96-62-11-6-5-10-61(55)62)83(124)104-68(40-53-19-27-59(113)28-20-53)85(126)108-74(91)47-131-48-77(117)101-66(38-51-15-23-57(111)24-16-51)81(122)105-70(43-75(92)115)84(125)107-71(41-54-21-29-60(114)30-22-54)89(130)110-35-9-14-73(110)87(128)106-67(39-52-17-25-58(112)26-18-52)82(123)102-64(12-7-33-95-90(93)94)88(129)109-34-8-13-72(109)86(127)99-56/h5-6,10-11,15-30,44,49-50,56,63-74,96-97,111-114H,7-9,12-14,31-43,45-48H2,1-4H3,(H2,92,115)(H,98,120)(H,99,127)(H,100,116)(H,101,117)(H,102,123)(H,103,121)(H,104,124)(H,105,122)(H,106,128)(H,107,125)(H,108,126)(H,118,119)(H4,93,94,95)/t56-,63-,64-,65-,66+,67-,68-,69-,70-,71-,72-,73-,74-/m0/s1. The summed E-state index contributed by atoms with van der Waals surface area (Å²) in [5, 5.41) is 95.7. The first-order valence-corrected chi connectivity index (χ1v) is 45.9. The van der Waals surface area contributed by atoms with Crippen molar-refractivity contribution < 1.29 is 97.5 Å². The van der Waals surface area contributed by atoms with E-state index >= 15 is 24.0 Å². The van der Waals surface area contributed by atoms with E-state index in [-0.39, 0.29) is 162 Å². The van der Waals surface area contributed by atoms with Gasteiger partial charge in [0.05, 0.1) is 28.8 Å². The number of carbonyl (C=O) groups is 15. The number of H-pyrrole nitrogens is 1. The number of alkyl halides is 1. The topological polar surface area (TPSA) is 612 Å². The number of para-hydroxylation sites is 1. The van der Waals surface area contributed by atoms with Crippen molar-refractivity contribution >= 4 is 140 Å². The fraction of sp³-hybridized carbons (Fsp3) is 0.467. The van der Waals surface area contributed by atoms with Crippen LogP contribution in [0.2, 0.25) is 0 Å². The quantitative estimate of drug-likeness (QED) is 0.0105. The number of amides is 14. The molecule has 14 amide bonds. The van der Waals surface area contributed by atoms with E-state index in [4.69, 9.17) is 16.9 Å². The minimum absolute atomic E-state index is 0.00579. The van der Waals surface area contributed by atoms with Crippen LogP contribution in [0.15, 0.2) is 128 Å². The van der Waals surface area contributed by atoms with Gasteiger partial charge in [0.25, 0.3) is 0 Å². The van der Waals surface area contributed by atoms with Crippen LogP contribution in [0.25, 0.3) is 10.9 Å². The first-order chi connectivity index (χ1) is 62.4. The molecule has 13 atom stereocenters. The molecule has 3 aliphatic heterocycles. The van der Waals surface area contributed by atoms with Gasteiger partial charge in [-0.15, -0.1) is 11.8 Å². The second-order valence-corrected chi connectivity index (χ2v) is 36.3. The molecular formula is C90H118IN19O20S. The molecule has 1 aromatic heterocycles. The van der Waals surface area contributed by atoms with E-state index in [1.165, 1.54) is 107 Å². The van der Waals surface area contributed by atoms with E-state index in [2.05, 4.69) is 74.1 Å². The summed E-state index contributed by atoms with van der Waals surface area (Å²) in [4.78, 5) is 224. The Morgan fingerprint density at radius 3 is 1.45 bits per heavy atom. The Balaban J connectivity index is 1.06. The summed E-state index contributed by atoms with van der Waals surface area (Å²) in [6.07, 6.45) is -0.321. The molecule has 3 aliphatic rings. The molecule has 39 nitrogen and oxygen atoms in total. The van der Waals surface area contributed by atoms with Crippen LogP contribution in [0.3, 0.4) is 0 Å². The summed E-state index contributed by atoms with van der Waals surface area (Å²) in [6.45, 7) is 6.39. The van der Waals surface area contributed by atoms with Gasteiger partial charge < -0.3 is 121 Å². The Morgan fingerprint density at radius 1 is 0.496 bits per heavy atom. The fourth-order valence-electron chi connectivity index (χ4n) is 15.8. The number of aromatic nitrogens is 1. The maximum absolute atomic E-state index is 15.4. The Labute approximate surface area is 775 Å². The molecule has 5 aromatic carbocycles. The Bertz CT molecular complexity index is 5010. The molecule has 9 rings (SSSR count). The van der Waals surface area contributed by atoms with Crippen molar-refractivity contribution in [3.63, 3.8) is 0 Å². The van der Waals surface area contributed by atoms with Gasteiger partial charge in [0.15, 0.2) is 5.96 Å². The number of halogens is 1. The monoisotopic (exact) mass is 1940 g/mol. The first-order valence-electron chi connectivity index (χ1n) is 43.5. The van der Waals surface area contributed by atoms with Crippen molar-refractivity contribution in [2.45, 2.75) is 207 Å². The van der Waals surface area contributed by atoms with Gasteiger partial charge in [-0.1, -0.05) is 117 Å². The highest BCUT2D eigenvalue weighted by molar-refractivity contribution is 14.1. The van der Waals surface area contributed by atoms with Gasteiger partial charge in [-0.05, 0) is 152 Å². The molecule has 41 heteroatoms. The lowest BCUT2D eigenvalue weighted by atomic mass is 10.0. The van der Waals surface area contributed by atoms with E-state index in [9.17, 15) is 73.5 Å². The van der Waals surface area contributed by atoms with Crippen LogP contribution in [0, 0.1) is 17.2 Å². The molecule has 6 aromatic rings. The fourth-order valence-corrected chi connectivity index (χ4v) is 17.6. The Morgan fingerprint density at radius 2 is 0.931 bits per heavy atom. The SMILES string of the molecule is CC(C)C[C@H]1CN[C@@H](CCC(=O)O)C(=O)N[C@@H](CC(C)C)C(=O)NCC(=O)N[C@@H](Cc2c[nH]c3ccccc23)C(=O)N[C@@H](Cc2ccc(O)cc2)C(=O)N[C@H](I)CSCC(=O)N[C@H](Cc2ccc(O)cc2)C(=O)N[C@@H](CC(N)=O)C(=O)N[C@@H](Cc2ccc(O)cc2)C(=O)N2CCC[C@H]2C(=O)N[C@@H](Cc2ccc(O)cc2)C(=O)N[C@@H](CCCNC(=N)N)C(=O)N2CCC[C@H]2C(=O)N1. The lowest BCUT2D eigenvalue weighted by Crippen LogP contribution is -2.61. The van der Waals surface area contributed by atoms with Gasteiger partial charge in [0.2, 0.25) is 82.7 Å². The maximum atomic E-state index is 15.4. The third-order valence-corrected chi connectivity index (χ3v) is 24.7. The van der Waals surface area contributed by atoms with E-state index < -0.39 is 185 Å². The molecule has 3 fully saturated rings. The number of hydrogen-bond acceptors (Lipinski definition) is 22. The van der Waals surface area contributed by atoms with Crippen LogP contribution in [0.5, 0.6) is 23.0 Å². The third kappa shape index (κ3) is 32.4. The second-order valence-electron chi connectivity index (χ2n) is 33.8. The minimum Gasteiger partial charge on any atom is -0.508 e. The molecule has 3 saturated heterocycles. The number of aromatic amines is 1. The highest BCUT2D eigenvalue weighted by Crippen LogP contribution is 2.27. The van der Waals surface area contributed by atoms with Gasteiger partial charge in [0.1, 0.15) is 83.4 Å². The molecule has 0 spiro atoms. The van der Waals surface area contributed by atoms with E-state index in [0.29, 0.717) is 45.1 Å². The minimum atomic E-state index is -1.86. The number of phenolic OH excluding ortho intramolecular Hbond substituents is 4. The molecule has 0 unspecified atom stereocenters. The number of nitrogens with one attached hydrogen (secondary N) is 15. The van der Waals surface area contributed by atoms with Crippen molar-refractivity contribution in [2.24, 2.45) is 23.3 Å². The second kappa shape index (κ2) is 49.8. The number of guanidine groups is 1. The van der Waals surface area contributed by atoms with Crippen molar-refractivity contribution in [1.29, 1.82) is 5.41 Å². The van der Waals surface area contributed by atoms with E-state index in [1.54, 1.807) is 44.3 Å². The Kier molecular flexibility index (Phi) is 38.8. The number of phenols is 4. The molecule has 0 saturated carbocycles. The zero-order valence-corrected chi connectivity index (χ0v) is 76.2. The van der Waals surface area contributed by atoms with Crippen LogP contribution in [0.1, 0.15) is 126 Å². The Hall–Kier alpha value is -12.8. The number of aromatic hydroxyl groups is 4. The van der Waals surface area contributed by atoms with Crippen molar-refractivity contribution in [3.05, 3.63) is 155 Å². The zero-order valence-electron chi connectivity index (χ0n) is 73.2. The highest BCUT2D eigenvalue weighted by Gasteiger charge is 2.44. The number of thioether (sulfide) groups is 1. The summed E-state index contributed by atoms with van der Waals surface area (Å²) < 4.78 is -0.792. The van der Waals surface area contributed by atoms with Gasteiger partial charge in [-0.25, -0.2) is 0 Å². The van der Waals surface area contributed by atoms with Crippen LogP contribution < -0.4 is 80.6 Å². The number of carboxylic acid groups (broad SMARTS) is 1. The van der Waals surface area contributed by atoms with Gasteiger partial charge >= 0.3 is 5.97 Å². The van der Waals surface area contributed by atoms with Crippen LogP contribution in [-0.2, 0) is 104 Å². The lowest BCUT2D eigenvalue weighted by molar-refractivity contribution is -0.143. The first kappa shape index (κ1) is 102. The number of nitrogens with zero attached hydrogens (tertiary/aromatic N) is 2. The number of primary amides is 1. The predicted molar refractivity (Wildman–Crippen MR) is 493 cm³/mol. The van der Waals surface area contributed by atoms with Gasteiger partial charge in [-0.2, -0.15) is 0 Å². The molecular weight excluding hydrogens is 1830 g/mol. The summed E-state index contributed by atoms with van der Waals surface area (Å²) >= 11 is 2.93. The summed E-state index contributed by atoms with van der Waals surface area (Å²) in [5.41, 5.74) is 14.3. The van der Waals surface area contributed by atoms with E-state index in [1.807, 2.05) is 36.4 Å². The van der Waals surface area contributed by atoms with Gasteiger partial charge in [-0.3, -0.25) is 77.3 Å². The number of fused-ring (bicyclic) bond motifs is 3. The average Bonchev–Trinajstić information content (AvgIpc) is 1.80.